The predicted molar refractivity (Wildman–Crippen MR) is 79.2 cm³/mol. The van der Waals surface area contributed by atoms with Gasteiger partial charge in [-0.05, 0) is 37.9 Å². The highest BCUT2D eigenvalue weighted by Gasteiger charge is 2.12. The molecule has 102 valence electrons. The molecule has 1 aromatic carbocycles. The van der Waals surface area contributed by atoms with Crippen LogP contribution >= 0.6 is 0 Å². The van der Waals surface area contributed by atoms with Crippen LogP contribution in [0.3, 0.4) is 0 Å². The van der Waals surface area contributed by atoms with Gasteiger partial charge < -0.3 is 9.88 Å². The molecule has 0 saturated heterocycles. The van der Waals surface area contributed by atoms with Crippen molar-refractivity contribution in [1.82, 2.24) is 14.9 Å². The van der Waals surface area contributed by atoms with Crippen LogP contribution in [0.2, 0.25) is 0 Å². The quantitative estimate of drug-likeness (QED) is 0.805. The highest BCUT2D eigenvalue weighted by Crippen LogP contribution is 2.22. The summed E-state index contributed by atoms with van der Waals surface area (Å²) in [4.78, 5) is 4.30. The molecule has 2 rings (SSSR count). The van der Waals surface area contributed by atoms with E-state index in [9.17, 15) is 0 Å². The molecule has 1 aromatic heterocycles. The molecule has 0 amide bonds. The first kappa shape index (κ1) is 13.8. The van der Waals surface area contributed by atoms with E-state index in [-0.39, 0.29) is 0 Å². The van der Waals surface area contributed by atoms with E-state index in [0.717, 1.165) is 19.5 Å². The molecule has 1 atom stereocenters. The molecule has 0 bridgehead atoms. The lowest BCUT2D eigenvalue weighted by atomic mass is 10.0. The van der Waals surface area contributed by atoms with Crippen LogP contribution in [0.25, 0.3) is 0 Å². The third-order valence-corrected chi connectivity index (χ3v) is 3.53. The summed E-state index contributed by atoms with van der Waals surface area (Å²) >= 11 is 0. The molecule has 0 aliphatic carbocycles. The van der Waals surface area contributed by atoms with Gasteiger partial charge in [0.25, 0.3) is 0 Å². The molecular formula is C16H23N3. The average molecular weight is 257 g/mol. The Kier molecular flexibility index (Phi) is 4.74. The van der Waals surface area contributed by atoms with Crippen LogP contribution in [0.1, 0.15) is 43.1 Å². The number of aryl methyl sites for hydroxylation is 1. The van der Waals surface area contributed by atoms with Crippen LogP contribution < -0.4 is 5.32 Å². The molecule has 0 radical (unpaired) electrons. The molecule has 0 aliphatic rings. The predicted octanol–water partition coefficient (Wildman–Crippen LogP) is 3.30. The van der Waals surface area contributed by atoms with Crippen LogP contribution in [0.4, 0.5) is 0 Å². The lowest BCUT2D eigenvalue weighted by molar-refractivity contribution is 0.572. The number of nitrogens with zero attached hydrogens (tertiary/aromatic N) is 2. The standard InChI is InChI=1S/C16H23N3/c1-4-9-17-10-15-11-18-12-19(15)14(3)16-8-6-5-7-13(16)2/h5-8,11-12,14,17H,4,9-10H2,1-3H3. The Balaban J connectivity index is 2.18. The molecule has 3 nitrogen and oxygen atoms in total. The van der Waals surface area contributed by atoms with Gasteiger partial charge >= 0.3 is 0 Å². The van der Waals surface area contributed by atoms with E-state index in [1.807, 2.05) is 12.5 Å². The second kappa shape index (κ2) is 6.53. The van der Waals surface area contributed by atoms with Gasteiger partial charge in [-0.25, -0.2) is 4.98 Å². The van der Waals surface area contributed by atoms with Crippen molar-refractivity contribution in [3.8, 4) is 0 Å². The first-order valence-corrected chi connectivity index (χ1v) is 7.01. The number of nitrogens with one attached hydrogen (secondary N) is 1. The zero-order valence-corrected chi connectivity index (χ0v) is 12.1. The lowest BCUT2D eigenvalue weighted by Gasteiger charge is -2.19. The number of rotatable bonds is 6. The molecule has 1 heterocycles. The van der Waals surface area contributed by atoms with Gasteiger partial charge in [0.1, 0.15) is 0 Å². The van der Waals surface area contributed by atoms with E-state index >= 15 is 0 Å². The van der Waals surface area contributed by atoms with Crippen molar-refractivity contribution in [2.75, 3.05) is 6.54 Å². The summed E-state index contributed by atoms with van der Waals surface area (Å²) < 4.78 is 2.25. The van der Waals surface area contributed by atoms with E-state index < -0.39 is 0 Å². The first-order valence-electron chi connectivity index (χ1n) is 7.01. The van der Waals surface area contributed by atoms with Crippen LogP contribution in [0.15, 0.2) is 36.8 Å². The van der Waals surface area contributed by atoms with Crippen molar-refractivity contribution in [3.05, 3.63) is 53.6 Å². The van der Waals surface area contributed by atoms with E-state index in [2.05, 4.69) is 59.9 Å². The number of imidazole rings is 1. The van der Waals surface area contributed by atoms with Gasteiger partial charge in [0, 0.05) is 12.7 Å². The van der Waals surface area contributed by atoms with Crippen molar-refractivity contribution in [3.63, 3.8) is 0 Å². The summed E-state index contributed by atoms with van der Waals surface area (Å²) in [6.45, 7) is 8.50. The number of hydrogen-bond acceptors (Lipinski definition) is 2. The molecule has 19 heavy (non-hydrogen) atoms. The Morgan fingerprint density at radius 1 is 1.32 bits per heavy atom. The second-order valence-electron chi connectivity index (χ2n) is 5.00. The average Bonchev–Trinajstić information content (AvgIpc) is 2.87. The summed E-state index contributed by atoms with van der Waals surface area (Å²) in [7, 11) is 0. The van der Waals surface area contributed by atoms with Crippen LogP contribution in [0.5, 0.6) is 0 Å². The summed E-state index contributed by atoms with van der Waals surface area (Å²) in [5.74, 6) is 0. The SMILES string of the molecule is CCCNCc1cncn1C(C)c1ccccc1C. The summed E-state index contributed by atoms with van der Waals surface area (Å²) in [5, 5.41) is 3.44. The van der Waals surface area contributed by atoms with Crippen LogP contribution in [-0.4, -0.2) is 16.1 Å². The zero-order chi connectivity index (χ0) is 13.7. The maximum absolute atomic E-state index is 4.30. The van der Waals surface area contributed by atoms with E-state index in [1.54, 1.807) is 0 Å². The Bertz CT molecular complexity index is 516. The Morgan fingerprint density at radius 3 is 2.84 bits per heavy atom. The maximum Gasteiger partial charge on any atom is 0.0954 e. The highest BCUT2D eigenvalue weighted by molar-refractivity contribution is 5.29. The van der Waals surface area contributed by atoms with Gasteiger partial charge in [-0.3, -0.25) is 0 Å². The molecule has 0 saturated carbocycles. The number of hydrogen-bond donors (Lipinski definition) is 1. The summed E-state index contributed by atoms with van der Waals surface area (Å²) in [6.07, 6.45) is 5.04. The van der Waals surface area contributed by atoms with E-state index in [4.69, 9.17) is 0 Å². The number of aromatic nitrogens is 2. The van der Waals surface area contributed by atoms with Gasteiger partial charge in [0.05, 0.1) is 18.1 Å². The van der Waals surface area contributed by atoms with Gasteiger partial charge in [0.2, 0.25) is 0 Å². The minimum absolute atomic E-state index is 0.321. The van der Waals surface area contributed by atoms with Crippen molar-refractivity contribution >= 4 is 0 Å². The summed E-state index contributed by atoms with van der Waals surface area (Å²) in [6, 6.07) is 8.87. The number of benzene rings is 1. The maximum atomic E-state index is 4.30. The van der Waals surface area contributed by atoms with Crippen molar-refractivity contribution in [1.29, 1.82) is 0 Å². The molecule has 1 unspecified atom stereocenters. The van der Waals surface area contributed by atoms with Crippen LogP contribution in [0, 0.1) is 6.92 Å². The molecular weight excluding hydrogens is 234 g/mol. The lowest BCUT2D eigenvalue weighted by Crippen LogP contribution is -2.18. The van der Waals surface area contributed by atoms with Gasteiger partial charge in [0.15, 0.2) is 0 Å². The Hall–Kier alpha value is -1.61. The third-order valence-electron chi connectivity index (χ3n) is 3.53. The third kappa shape index (κ3) is 3.24. The van der Waals surface area contributed by atoms with E-state index in [1.165, 1.54) is 16.8 Å². The fraction of sp³-hybridized carbons (Fsp3) is 0.438. The van der Waals surface area contributed by atoms with Crippen molar-refractivity contribution in [2.24, 2.45) is 0 Å². The first-order chi connectivity index (χ1) is 9.24. The monoisotopic (exact) mass is 257 g/mol. The summed E-state index contributed by atoms with van der Waals surface area (Å²) in [5.41, 5.74) is 3.93. The molecule has 1 N–H and O–H groups in total. The van der Waals surface area contributed by atoms with Crippen molar-refractivity contribution < 1.29 is 0 Å². The second-order valence-corrected chi connectivity index (χ2v) is 5.00. The Labute approximate surface area is 115 Å². The minimum atomic E-state index is 0.321. The smallest absolute Gasteiger partial charge is 0.0954 e. The Morgan fingerprint density at radius 2 is 2.11 bits per heavy atom. The van der Waals surface area contributed by atoms with Gasteiger partial charge in [-0.1, -0.05) is 31.2 Å². The van der Waals surface area contributed by atoms with E-state index in [0.29, 0.717) is 6.04 Å². The fourth-order valence-electron chi connectivity index (χ4n) is 2.42. The van der Waals surface area contributed by atoms with Gasteiger partial charge in [-0.2, -0.15) is 0 Å². The topological polar surface area (TPSA) is 29.9 Å². The fourth-order valence-corrected chi connectivity index (χ4v) is 2.42. The molecule has 3 heteroatoms. The molecule has 2 aromatic rings. The largest absolute Gasteiger partial charge is 0.326 e. The highest BCUT2D eigenvalue weighted by atomic mass is 15.1. The normalized spacial score (nSPS) is 12.6. The molecule has 0 spiro atoms. The van der Waals surface area contributed by atoms with Crippen molar-refractivity contribution in [2.45, 2.75) is 39.8 Å². The zero-order valence-electron chi connectivity index (χ0n) is 12.1. The molecule has 0 aliphatic heterocycles. The van der Waals surface area contributed by atoms with Gasteiger partial charge in [-0.15, -0.1) is 0 Å². The molecule has 0 fully saturated rings. The van der Waals surface area contributed by atoms with Crippen LogP contribution in [-0.2, 0) is 6.54 Å². The minimum Gasteiger partial charge on any atom is -0.326 e.